The third kappa shape index (κ3) is 3.74. The molecule has 9 aromatic rings. The van der Waals surface area contributed by atoms with Gasteiger partial charge >= 0.3 is 0 Å². The van der Waals surface area contributed by atoms with Crippen LogP contribution in [0.2, 0.25) is 0 Å². The Hall–Kier alpha value is -6.13. The summed E-state index contributed by atoms with van der Waals surface area (Å²) in [5.74, 6) is 1.90. The molecule has 226 valence electrons. The summed E-state index contributed by atoms with van der Waals surface area (Å²) >= 11 is 0. The van der Waals surface area contributed by atoms with Crippen molar-refractivity contribution in [2.75, 3.05) is 0 Å². The second-order valence-corrected chi connectivity index (χ2v) is 13.2. The van der Waals surface area contributed by atoms with E-state index in [-0.39, 0.29) is 5.41 Å². The maximum atomic E-state index is 5.34. The lowest BCUT2D eigenvalue weighted by atomic mass is 9.68. The number of hydrogen-bond acceptors (Lipinski definition) is 3. The molecule has 0 fully saturated rings. The van der Waals surface area contributed by atoms with Gasteiger partial charge in [0.2, 0.25) is 5.95 Å². The normalized spacial score (nSPS) is 13.4. The fourth-order valence-corrected chi connectivity index (χ4v) is 8.00. The van der Waals surface area contributed by atoms with Gasteiger partial charge in [0.05, 0.1) is 11.0 Å². The second-order valence-electron chi connectivity index (χ2n) is 13.2. The summed E-state index contributed by atoms with van der Waals surface area (Å²) in [5, 5.41) is 7.17. The molecule has 1 aliphatic carbocycles. The lowest BCUT2D eigenvalue weighted by Gasteiger charge is -2.35. The van der Waals surface area contributed by atoms with Crippen molar-refractivity contribution in [1.29, 1.82) is 0 Å². The minimum atomic E-state index is -0.150. The van der Waals surface area contributed by atoms with Crippen molar-refractivity contribution in [3.63, 3.8) is 0 Å². The zero-order chi connectivity index (χ0) is 32.0. The van der Waals surface area contributed by atoms with E-state index in [2.05, 4.69) is 146 Å². The van der Waals surface area contributed by atoms with Crippen molar-refractivity contribution in [2.24, 2.45) is 0 Å². The Morgan fingerprint density at radius 1 is 0.500 bits per heavy atom. The lowest BCUT2D eigenvalue weighted by Crippen LogP contribution is -2.23. The molecule has 0 radical (unpaired) electrons. The molecule has 0 amide bonds. The Balaban J connectivity index is 1.39. The largest absolute Gasteiger partial charge is 0.277 e. The van der Waals surface area contributed by atoms with Crippen molar-refractivity contribution in [3.8, 4) is 39.9 Å². The van der Waals surface area contributed by atoms with Crippen LogP contribution in [0.4, 0.5) is 0 Å². The highest BCUT2D eigenvalue weighted by Crippen LogP contribution is 2.52. The molecule has 0 bridgehead atoms. The average molecular weight is 615 g/mol. The van der Waals surface area contributed by atoms with Crippen molar-refractivity contribution in [2.45, 2.75) is 19.3 Å². The van der Waals surface area contributed by atoms with Gasteiger partial charge in [0.25, 0.3) is 0 Å². The molecule has 7 aromatic carbocycles. The van der Waals surface area contributed by atoms with Gasteiger partial charge in [-0.2, -0.15) is 9.97 Å². The van der Waals surface area contributed by atoms with Gasteiger partial charge < -0.3 is 0 Å². The predicted octanol–water partition coefficient (Wildman–Crippen LogP) is 10.9. The van der Waals surface area contributed by atoms with Crippen LogP contribution in [0.15, 0.2) is 146 Å². The third-order valence-electron chi connectivity index (χ3n) is 10.2. The van der Waals surface area contributed by atoms with E-state index in [1.54, 1.807) is 0 Å². The van der Waals surface area contributed by atoms with E-state index in [9.17, 15) is 0 Å². The summed E-state index contributed by atoms with van der Waals surface area (Å²) in [6.07, 6.45) is 0. The van der Waals surface area contributed by atoms with Gasteiger partial charge in [-0.3, -0.25) is 4.57 Å². The molecule has 4 heteroatoms. The second kappa shape index (κ2) is 9.93. The molecule has 10 rings (SSSR count). The smallest absolute Gasteiger partial charge is 0.238 e. The number of benzene rings is 7. The van der Waals surface area contributed by atoms with E-state index in [4.69, 9.17) is 15.0 Å². The highest BCUT2D eigenvalue weighted by molar-refractivity contribution is 6.22. The summed E-state index contributed by atoms with van der Waals surface area (Å²) in [6.45, 7) is 4.69. The lowest BCUT2D eigenvalue weighted by molar-refractivity contribution is 0.645. The van der Waals surface area contributed by atoms with Gasteiger partial charge in [-0.25, -0.2) is 4.98 Å². The standard InChI is InChI=1S/C44H30N4/c1-44(2)35-23-10-8-21-33(35)39-38-29(18-13-24-36(38)44)26-34-31-20-9-11-25-37(31)48(40(34)39)43-46-41(28-15-4-3-5-16-28)45-42(47-43)32-22-12-17-27-14-6-7-19-30(27)32/h3-26H,1-2H3. The van der Waals surface area contributed by atoms with Crippen LogP contribution in [0, 0.1) is 0 Å². The van der Waals surface area contributed by atoms with Crippen molar-refractivity contribution in [1.82, 2.24) is 19.5 Å². The van der Waals surface area contributed by atoms with Crippen LogP contribution in [0.1, 0.15) is 25.0 Å². The van der Waals surface area contributed by atoms with Crippen LogP contribution in [0.3, 0.4) is 0 Å². The van der Waals surface area contributed by atoms with E-state index in [1.807, 2.05) is 18.2 Å². The predicted molar refractivity (Wildman–Crippen MR) is 198 cm³/mol. The van der Waals surface area contributed by atoms with Gasteiger partial charge in [0.15, 0.2) is 11.6 Å². The minimum Gasteiger partial charge on any atom is -0.277 e. The number of fused-ring (bicyclic) bond motifs is 7. The van der Waals surface area contributed by atoms with Gasteiger partial charge in [0, 0.05) is 32.9 Å². The van der Waals surface area contributed by atoms with E-state index in [0.29, 0.717) is 17.6 Å². The van der Waals surface area contributed by atoms with Crippen molar-refractivity contribution in [3.05, 3.63) is 157 Å². The molecule has 0 saturated heterocycles. The number of para-hydroxylation sites is 1. The molecule has 0 unspecified atom stereocenters. The quantitative estimate of drug-likeness (QED) is 0.199. The molecular weight excluding hydrogens is 585 g/mol. The first-order valence-electron chi connectivity index (χ1n) is 16.5. The van der Waals surface area contributed by atoms with Crippen LogP contribution < -0.4 is 0 Å². The van der Waals surface area contributed by atoms with Gasteiger partial charge in [-0.1, -0.05) is 147 Å². The van der Waals surface area contributed by atoms with Crippen molar-refractivity contribution < 1.29 is 0 Å². The Bertz CT molecular complexity index is 2750. The highest BCUT2D eigenvalue weighted by Gasteiger charge is 2.35. The Morgan fingerprint density at radius 3 is 2.04 bits per heavy atom. The first kappa shape index (κ1) is 27.0. The fraction of sp³-hybridized carbons (Fsp3) is 0.0682. The Labute approximate surface area is 278 Å². The molecular formula is C44H30N4. The molecule has 0 atom stereocenters. The number of nitrogens with zero attached hydrogens (tertiary/aromatic N) is 4. The number of rotatable bonds is 3. The zero-order valence-electron chi connectivity index (χ0n) is 26.6. The molecule has 0 N–H and O–H groups in total. The monoisotopic (exact) mass is 614 g/mol. The van der Waals surface area contributed by atoms with Gasteiger partial charge in [-0.15, -0.1) is 0 Å². The average Bonchev–Trinajstić information content (AvgIpc) is 3.47. The van der Waals surface area contributed by atoms with E-state index < -0.39 is 0 Å². The highest BCUT2D eigenvalue weighted by atomic mass is 15.2. The SMILES string of the molecule is CC1(C)c2ccccc2-c2c3c1cccc3cc1c3ccccc3n(-c3nc(-c4ccccc4)nc(-c4cccc5ccccc45)n3)c21. The number of aromatic nitrogens is 4. The minimum absolute atomic E-state index is 0.150. The summed E-state index contributed by atoms with van der Waals surface area (Å²) in [4.78, 5) is 15.7. The summed E-state index contributed by atoms with van der Waals surface area (Å²) in [6, 6.07) is 51.7. The van der Waals surface area contributed by atoms with Crippen LogP contribution in [0.25, 0.3) is 83.2 Å². The summed E-state index contributed by atoms with van der Waals surface area (Å²) in [7, 11) is 0. The zero-order valence-corrected chi connectivity index (χ0v) is 26.6. The molecule has 4 nitrogen and oxygen atoms in total. The number of hydrogen-bond donors (Lipinski definition) is 0. The molecule has 2 heterocycles. The van der Waals surface area contributed by atoms with Crippen LogP contribution in [-0.2, 0) is 5.41 Å². The molecule has 0 aliphatic heterocycles. The first-order chi connectivity index (χ1) is 23.6. The topological polar surface area (TPSA) is 43.6 Å². The molecule has 0 saturated carbocycles. The Kier molecular flexibility index (Phi) is 5.59. The maximum Gasteiger partial charge on any atom is 0.238 e. The summed E-state index contributed by atoms with van der Waals surface area (Å²) in [5.41, 5.74) is 9.12. The van der Waals surface area contributed by atoms with Crippen LogP contribution >= 0.6 is 0 Å². The van der Waals surface area contributed by atoms with Gasteiger partial charge in [0.1, 0.15) is 0 Å². The van der Waals surface area contributed by atoms with E-state index in [1.165, 1.54) is 43.8 Å². The third-order valence-corrected chi connectivity index (χ3v) is 10.2. The Morgan fingerprint density at radius 2 is 1.15 bits per heavy atom. The van der Waals surface area contributed by atoms with Crippen LogP contribution in [0.5, 0.6) is 0 Å². The van der Waals surface area contributed by atoms with E-state index in [0.717, 1.165) is 32.9 Å². The van der Waals surface area contributed by atoms with E-state index >= 15 is 0 Å². The summed E-state index contributed by atoms with van der Waals surface area (Å²) < 4.78 is 2.29. The molecule has 0 spiro atoms. The van der Waals surface area contributed by atoms with Crippen LogP contribution in [-0.4, -0.2) is 19.5 Å². The molecule has 2 aromatic heterocycles. The van der Waals surface area contributed by atoms with Gasteiger partial charge in [-0.05, 0) is 50.4 Å². The fourth-order valence-electron chi connectivity index (χ4n) is 8.00. The first-order valence-corrected chi connectivity index (χ1v) is 16.5. The molecule has 1 aliphatic rings. The molecule has 48 heavy (non-hydrogen) atoms. The maximum absolute atomic E-state index is 5.34. The van der Waals surface area contributed by atoms with Crippen molar-refractivity contribution >= 4 is 43.4 Å².